The number of anilines is 1. The third kappa shape index (κ3) is 7.56. The Morgan fingerprint density at radius 3 is 2.59 bits per heavy atom. The summed E-state index contributed by atoms with van der Waals surface area (Å²) in [6.45, 7) is 6.58. The maximum atomic E-state index is 13.6. The number of carbonyl (C=O) groups is 2. The number of rotatable bonds is 12. The number of hydrogen-bond acceptors (Lipinski definition) is 8. The maximum Gasteiger partial charge on any atom is 0.415 e. The Balaban J connectivity index is 1.69. The molecule has 1 aliphatic rings. The second-order valence-corrected chi connectivity index (χ2v) is 9.20. The molecular formula is C27H38N4O6. The highest BCUT2D eigenvalue weighted by atomic mass is 16.6. The van der Waals surface area contributed by atoms with Gasteiger partial charge in [0, 0.05) is 70.5 Å². The minimum Gasteiger partial charge on any atom is -0.493 e. The van der Waals surface area contributed by atoms with Crippen LogP contribution in [0.2, 0.25) is 0 Å². The number of hydrogen-bond donors (Lipinski definition) is 1. The van der Waals surface area contributed by atoms with Crippen molar-refractivity contribution in [2.24, 2.45) is 5.92 Å². The molecule has 1 N–H and O–H groups in total. The second-order valence-electron chi connectivity index (χ2n) is 9.20. The minimum atomic E-state index is -0.481. The molecule has 0 spiro atoms. The molecule has 0 bridgehead atoms. The monoisotopic (exact) mass is 514 g/mol. The molecule has 1 aromatic heterocycles. The molecule has 1 aromatic carbocycles. The summed E-state index contributed by atoms with van der Waals surface area (Å²) in [6.07, 6.45) is 1.49. The van der Waals surface area contributed by atoms with E-state index in [0.29, 0.717) is 55.7 Å². The number of nitrogens with zero attached hydrogens (tertiary/aromatic N) is 3. The van der Waals surface area contributed by atoms with Crippen LogP contribution in [0.5, 0.6) is 11.5 Å². The first-order valence-electron chi connectivity index (χ1n) is 12.5. The Morgan fingerprint density at radius 2 is 1.92 bits per heavy atom. The first kappa shape index (κ1) is 28.2. The predicted molar refractivity (Wildman–Crippen MR) is 140 cm³/mol. The van der Waals surface area contributed by atoms with Crippen LogP contribution in [0.25, 0.3) is 0 Å². The number of pyridine rings is 1. The van der Waals surface area contributed by atoms with Gasteiger partial charge in [0.1, 0.15) is 11.9 Å². The van der Waals surface area contributed by atoms with Gasteiger partial charge in [-0.3, -0.25) is 9.69 Å². The molecule has 0 aliphatic carbocycles. The fourth-order valence-corrected chi connectivity index (χ4v) is 4.14. The van der Waals surface area contributed by atoms with Crippen LogP contribution < -0.4 is 19.7 Å². The van der Waals surface area contributed by atoms with E-state index in [1.165, 1.54) is 4.90 Å². The SMILES string of the molecule is COCCCOc1cc(C(=O)N(C[C@H]2CNC[C@H]2OC(=O)N(C)c2ccccn2)C(C)C)ccc1OC. The first-order valence-corrected chi connectivity index (χ1v) is 12.5. The largest absolute Gasteiger partial charge is 0.493 e. The molecule has 2 atom stereocenters. The van der Waals surface area contributed by atoms with Gasteiger partial charge in [-0.1, -0.05) is 6.07 Å². The van der Waals surface area contributed by atoms with Gasteiger partial charge in [-0.25, -0.2) is 9.78 Å². The summed E-state index contributed by atoms with van der Waals surface area (Å²) in [5.41, 5.74) is 0.505. The molecule has 2 amide bonds. The summed E-state index contributed by atoms with van der Waals surface area (Å²) in [7, 11) is 4.84. The van der Waals surface area contributed by atoms with E-state index in [1.807, 2.05) is 19.9 Å². The predicted octanol–water partition coefficient (Wildman–Crippen LogP) is 3.22. The van der Waals surface area contributed by atoms with Crippen molar-refractivity contribution in [1.29, 1.82) is 0 Å². The zero-order chi connectivity index (χ0) is 26.8. The smallest absolute Gasteiger partial charge is 0.415 e. The Morgan fingerprint density at radius 1 is 1.11 bits per heavy atom. The van der Waals surface area contributed by atoms with Crippen molar-refractivity contribution >= 4 is 17.8 Å². The van der Waals surface area contributed by atoms with Gasteiger partial charge >= 0.3 is 6.09 Å². The summed E-state index contributed by atoms with van der Waals surface area (Å²) in [4.78, 5) is 33.7. The first-order chi connectivity index (χ1) is 17.8. The number of nitrogens with one attached hydrogen (secondary N) is 1. The second kappa shape index (κ2) is 13.8. The van der Waals surface area contributed by atoms with Gasteiger partial charge in [0.2, 0.25) is 0 Å². The van der Waals surface area contributed by atoms with E-state index >= 15 is 0 Å². The fourth-order valence-electron chi connectivity index (χ4n) is 4.14. The molecule has 1 saturated heterocycles. The van der Waals surface area contributed by atoms with Gasteiger partial charge in [-0.2, -0.15) is 0 Å². The van der Waals surface area contributed by atoms with Crippen molar-refractivity contribution in [2.75, 3.05) is 59.0 Å². The van der Waals surface area contributed by atoms with Crippen molar-refractivity contribution in [1.82, 2.24) is 15.2 Å². The Labute approximate surface area is 218 Å². The molecule has 1 fully saturated rings. The van der Waals surface area contributed by atoms with Gasteiger partial charge in [0.15, 0.2) is 11.5 Å². The quantitative estimate of drug-likeness (QED) is 0.431. The van der Waals surface area contributed by atoms with E-state index < -0.39 is 6.09 Å². The number of methoxy groups -OCH3 is 2. The molecule has 3 rings (SSSR count). The third-order valence-electron chi connectivity index (χ3n) is 6.27. The van der Waals surface area contributed by atoms with E-state index in [4.69, 9.17) is 18.9 Å². The number of amides is 2. The van der Waals surface area contributed by atoms with Crippen molar-refractivity contribution in [3.8, 4) is 11.5 Å². The summed E-state index contributed by atoms with van der Waals surface area (Å²) in [5, 5.41) is 3.29. The standard InChI is InChI=1S/C27H38N4O6/c1-19(2)31(26(32)20-10-11-22(35-5)23(15-20)36-14-8-13-34-4)18-21-16-28-17-24(21)37-27(33)30(3)25-9-6-7-12-29-25/h6-7,9-12,15,19,21,24,28H,8,13-14,16-18H2,1-5H3/t21-,24-/m1/s1. The van der Waals surface area contributed by atoms with Crippen LogP contribution in [0, 0.1) is 5.92 Å². The molecule has 0 unspecified atom stereocenters. The summed E-state index contributed by atoms with van der Waals surface area (Å²) < 4.78 is 22.2. The van der Waals surface area contributed by atoms with Gasteiger partial charge in [0.25, 0.3) is 5.91 Å². The van der Waals surface area contributed by atoms with Crippen molar-refractivity contribution in [3.05, 3.63) is 48.2 Å². The highest BCUT2D eigenvalue weighted by Crippen LogP contribution is 2.29. The lowest BCUT2D eigenvalue weighted by Gasteiger charge is -2.32. The minimum absolute atomic E-state index is 0.0598. The van der Waals surface area contributed by atoms with E-state index in [9.17, 15) is 9.59 Å². The summed E-state index contributed by atoms with van der Waals surface area (Å²) >= 11 is 0. The molecule has 10 nitrogen and oxygen atoms in total. The van der Waals surface area contributed by atoms with Gasteiger partial charge in [-0.05, 0) is 44.2 Å². The average molecular weight is 515 g/mol. The molecule has 1 aliphatic heterocycles. The lowest BCUT2D eigenvalue weighted by Crippen LogP contribution is -2.44. The Bertz CT molecular complexity index is 1020. The van der Waals surface area contributed by atoms with Gasteiger partial charge in [-0.15, -0.1) is 0 Å². The van der Waals surface area contributed by atoms with Gasteiger partial charge < -0.3 is 29.2 Å². The summed E-state index contributed by atoms with van der Waals surface area (Å²) in [5.74, 6) is 1.40. The van der Waals surface area contributed by atoms with Crippen molar-refractivity contribution in [3.63, 3.8) is 0 Å². The van der Waals surface area contributed by atoms with Crippen LogP contribution >= 0.6 is 0 Å². The number of carbonyl (C=O) groups excluding carboxylic acids is 2. The molecule has 10 heteroatoms. The zero-order valence-corrected chi connectivity index (χ0v) is 22.3. The van der Waals surface area contributed by atoms with Crippen LogP contribution in [-0.2, 0) is 9.47 Å². The van der Waals surface area contributed by atoms with Crippen LogP contribution in [0.1, 0.15) is 30.6 Å². The molecule has 2 heterocycles. The average Bonchev–Trinajstić information content (AvgIpc) is 3.35. The van der Waals surface area contributed by atoms with Crippen molar-refractivity contribution < 1.29 is 28.5 Å². The van der Waals surface area contributed by atoms with Crippen molar-refractivity contribution in [2.45, 2.75) is 32.4 Å². The van der Waals surface area contributed by atoms with Crippen LogP contribution in [0.4, 0.5) is 10.6 Å². The van der Waals surface area contributed by atoms with E-state index in [0.717, 1.165) is 6.42 Å². The maximum absolute atomic E-state index is 13.6. The van der Waals surface area contributed by atoms with Crippen LogP contribution in [0.15, 0.2) is 42.6 Å². The molecule has 202 valence electrons. The number of ether oxygens (including phenoxy) is 4. The molecule has 0 saturated carbocycles. The fraction of sp³-hybridized carbons (Fsp3) is 0.519. The normalized spacial score (nSPS) is 16.9. The summed E-state index contributed by atoms with van der Waals surface area (Å²) in [6, 6.07) is 10.5. The Hall–Kier alpha value is -3.37. The molecular weight excluding hydrogens is 476 g/mol. The highest BCUT2D eigenvalue weighted by molar-refractivity contribution is 5.95. The van der Waals surface area contributed by atoms with Crippen LogP contribution in [-0.4, -0.2) is 88.1 Å². The molecule has 2 aromatic rings. The zero-order valence-electron chi connectivity index (χ0n) is 22.3. The van der Waals surface area contributed by atoms with E-state index in [-0.39, 0.29) is 24.0 Å². The lowest BCUT2D eigenvalue weighted by atomic mass is 10.0. The topological polar surface area (TPSA) is 102 Å². The van der Waals surface area contributed by atoms with E-state index in [1.54, 1.807) is 62.7 Å². The van der Waals surface area contributed by atoms with Gasteiger partial charge in [0.05, 0.1) is 13.7 Å². The Kier molecular flexibility index (Phi) is 10.5. The van der Waals surface area contributed by atoms with Crippen LogP contribution in [0.3, 0.4) is 0 Å². The van der Waals surface area contributed by atoms with E-state index in [2.05, 4.69) is 10.3 Å². The highest BCUT2D eigenvalue weighted by Gasteiger charge is 2.35. The molecule has 0 radical (unpaired) electrons. The third-order valence-corrected chi connectivity index (χ3v) is 6.27. The number of aromatic nitrogens is 1. The molecule has 37 heavy (non-hydrogen) atoms. The lowest BCUT2D eigenvalue weighted by molar-refractivity contribution is 0.0541. The number of benzene rings is 1.